The summed E-state index contributed by atoms with van der Waals surface area (Å²) in [7, 11) is 3.01. The second-order valence-corrected chi connectivity index (χ2v) is 8.33. The molecular weight excluding hydrogens is 450 g/mol. The Morgan fingerprint density at radius 3 is 2.43 bits per heavy atom. The number of aromatic nitrogens is 1. The molecule has 184 valence electrons. The maximum absolute atomic E-state index is 13.2. The summed E-state index contributed by atoms with van der Waals surface area (Å²) >= 11 is 0. The Morgan fingerprint density at radius 1 is 1.06 bits per heavy atom. The van der Waals surface area contributed by atoms with Crippen LogP contribution in [0.4, 0.5) is 5.69 Å². The fourth-order valence-corrected chi connectivity index (χ4v) is 4.03. The van der Waals surface area contributed by atoms with Gasteiger partial charge < -0.3 is 29.0 Å². The van der Waals surface area contributed by atoms with Gasteiger partial charge in [-0.25, -0.2) is 0 Å². The van der Waals surface area contributed by atoms with Crippen molar-refractivity contribution in [2.75, 3.05) is 32.6 Å². The molecule has 0 unspecified atom stereocenters. The molecule has 0 saturated carbocycles. The number of benzene rings is 2. The van der Waals surface area contributed by atoms with Gasteiger partial charge in [0, 0.05) is 24.7 Å². The summed E-state index contributed by atoms with van der Waals surface area (Å²) in [5, 5.41) is 6.80. The van der Waals surface area contributed by atoms with E-state index < -0.39 is 0 Å². The highest BCUT2D eigenvalue weighted by Crippen LogP contribution is 2.35. The number of carbonyl (C=O) groups excluding carboxylic acids is 2. The lowest BCUT2D eigenvalue weighted by molar-refractivity contribution is 0.0793. The van der Waals surface area contributed by atoms with E-state index >= 15 is 0 Å². The highest BCUT2D eigenvalue weighted by atomic mass is 16.5. The minimum absolute atomic E-state index is 0.157. The van der Waals surface area contributed by atoms with Crippen LogP contribution in [0.1, 0.15) is 50.6 Å². The highest BCUT2D eigenvalue weighted by molar-refractivity contribution is 6.09. The van der Waals surface area contributed by atoms with Crippen molar-refractivity contribution in [1.82, 2.24) is 10.1 Å². The van der Waals surface area contributed by atoms with E-state index in [0.717, 1.165) is 24.1 Å². The van der Waals surface area contributed by atoms with Gasteiger partial charge in [0.25, 0.3) is 11.8 Å². The predicted molar refractivity (Wildman–Crippen MR) is 129 cm³/mol. The number of ether oxygens (including phenoxy) is 3. The molecular formula is C26H29N3O6. The topological polar surface area (TPSA) is 103 Å². The molecule has 9 nitrogen and oxygen atoms in total. The lowest BCUT2D eigenvalue weighted by atomic mass is 10.1. The van der Waals surface area contributed by atoms with Crippen LogP contribution in [0.15, 0.2) is 40.9 Å². The number of nitrogens with one attached hydrogen (secondary N) is 1. The molecule has 0 radical (unpaired) electrons. The molecule has 1 N–H and O–H groups in total. The van der Waals surface area contributed by atoms with E-state index in [4.69, 9.17) is 18.7 Å². The fraction of sp³-hybridized carbons (Fsp3) is 0.346. The zero-order valence-corrected chi connectivity index (χ0v) is 20.3. The Kier molecular flexibility index (Phi) is 7.24. The van der Waals surface area contributed by atoms with E-state index in [1.54, 1.807) is 41.3 Å². The molecule has 35 heavy (non-hydrogen) atoms. The van der Waals surface area contributed by atoms with Crippen LogP contribution in [0, 0.1) is 13.8 Å². The normalized spacial score (nSPS) is 13.0. The monoisotopic (exact) mass is 479 g/mol. The first kappa shape index (κ1) is 24.1. The second kappa shape index (κ2) is 10.5. The molecule has 9 heteroatoms. The first-order valence-electron chi connectivity index (χ1n) is 11.4. The van der Waals surface area contributed by atoms with Crippen molar-refractivity contribution in [3.05, 3.63) is 64.5 Å². The Hall–Kier alpha value is -4.01. The molecule has 0 atom stereocenters. The highest BCUT2D eigenvalue weighted by Gasteiger charge is 2.25. The van der Waals surface area contributed by atoms with Crippen LogP contribution in [0.3, 0.4) is 0 Å². The number of carbonyl (C=O) groups is 2. The van der Waals surface area contributed by atoms with E-state index in [2.05, 4.69) is 10.5 Å². The third kappa shape index (κ3) is 5.24. The zero-order valence-electron chi connectivity index (χ0n) is 20.3. The molecule has 1 aliphatic rings. The summed E-state index contributed by atoms with van der Waals surface area (Å²) in [4.78, 5) is 28.2. The van der Waals surface area contributed by atoms with Crippen molar-refractivity contribution in [2.24, 2.45) is 0 Å². The first-order valence-corrected chi connectivity index (χ1v) is 11.4. The van der Waals surface area contributed by atoms with Crippen LogP contribution in [-0.2, 0) is 6.61 Å². The van der Waals surface area contributed by atoms with Crippen molar-refractivity contribution in [1.29, 1.82) is 0 Å². The summed E-state index contributed by atoms with van der Waals surface area (Å²) < 4.78 is 21.8. The van der Waals surface area contributed by atoms with Crippen LogP contribution >= 0.6 is 0 Å². The fourth-order valence-electron chi connectivity index (χ4n) is 4.03. The molecule has 1 aliphatic heterocycles. The van der Waals surface area contributed by atoms with Crippen LogP contribution in [-0.4, -0.2) is 49.2 Å². The Morgan fingerprint density at radius 2 is 1.77 bits per heavy atom. The lowest BCUT2D eigenvalue weighted by Gasteiger charge is -2.20. The van der Waals surface area contributed by atoms with Crippen molar-refractivity contribution < 1.29 is 28.3 Å². The van der Waals surface area contributed by atoms with E-state index in [9.17, 15) is 9.59 Å². The second-order valence-electron chi connectivity index (χ2n) is 8.33. The minimum Gasteiger partial charge on any atom is -0.493 e. The van der Waals surface area contributed by atoms with Gasteiger partial charge in [0.05, 0.1) is 36.7 Å². The molecule has 1 fully saturated rings. The van der Waals surface area contributed by atoms with Gasteiger partial charge in [-0.3, -0.25) is 9.59 Å². The molecule has 0 spiro atoms. The molecule has 2 amide bonds. The van der Waals surface area contributed by atoms with Gasteiger partial charge in [0.2, 0.25) is 0 Å². The molecule has 3 aromatic rings. The van der Waals surface area contributed by atoms with Crippen LogP contribution in [0.25, 0.3) is 0 Å². The van der Waals surface area contributed by atoms with E-state index in [1.807, 2.05) is 13.8 Å². The summed E-state index contributed by atoms with van der Waals surface area (Å²) in [6.45, 7) is 5.32. The molecule has 1 aromatic heterocycles. The largest absolute Gasteiger partial charge is 0.493 e. The number of anilines is 1. The third-order valence-electron chi connectivity index (χ3n) is 6.06. The van der Waals surface area contributed by atoms with Gasteiger partial charge in [-0.1, -0.05) is 11.2 Å². The van der Waals surface area contributed by atoms with Crippen LogP contribution < -0.4 is 19.5 Å². The maximum atomic E-state index is 13.2. The Balaban J connectivity index is 1.57. The molecule has 0 bridgehead atoms. The summed E-state index contributed by atoms with van der Waals surface area (Å²) in [5.41, 5.74) is 2.72. The van der Waals surface area contributed by atoms with E-state index in [0.29, 0.717) is 52.9 Å². The summed E-state index contributed by atoms with van der Waals surface area (Å²) in [6, 6.07) is 10.1. The minimum atomic E-state index is -0.379. The summed E-state index contributed by atoms with van der Waals surface area (Å²) in [5.74, 6) is 1.52. The molecule has 4 rings (SSSR count). The maximum Gasteiger partial charge on any atom is 0.256 e. The number of hydrogen-bond donors (Lipinski definition) is 1. The number of likely N-dealkylation sites (tertiary alicyclic amines) is 1. The van der Waals surface area contributed by atoms with E-state index in [-0.39, 0.29) is 18.4 Å². The van der Waals surface area contributed by atoms with Gasteiger partial charge in [-0.15, -0.1) is 0 Å². The molecule has 2 aromatic carbocycles. The third-order valence-corrected chi connectivity index (χ3v) is 6.06. The molecule has 1 saturated heterocycles. The molecule has 2 heterocycles. The van der Waals surface area contributed by atoms with Gasteiger partial charge in [0.1, 0.15) is 18.1 Å². The zero-order chi connectivity index (χ0) is 24.9. The molecule has 0 aliphatic carbocycles. The number of rotatable bonds is 8. The average Bonchev–Trinajstić information content (AvgIpc) is 3.52. The Labute approximate surface area is 203 Å². The lowest BCUT2D eigenvalue weighted by Crippen LogP contribution is -2.29. The number of aryl methyl sites for hydroxylation is 2. The SMILES string of the molecule is COc1cc(NC(=O)c2cccc(OCc3c(C)noc3C)c2)c(C(=O)N2CCCC2)cc1OC. The number of amides is 2. The smallest absolute Gasteiger partial charge is 0.256 e. The standard InChI is InChI=1S/C26H29N3O6/c1-16-21(17(2)35-28-16)15-34-19-9-7-8-18(12-19)25(30)27-22-14-24(33-4)23(32-3)13-20(22)26(31)29-10-5-6-11-29/h7-9,12-14H,5-6,10-11,15H2,1-4H3,(H,27,30). The Bertz CT molecular complexity index is 1210. The average molecular weight is 480 g/mol. The van der Waals surface area contributed by atoms with Crippen molar-refractivity contribution >= 4 is 17.5 Å². The van der Waals surface area contributed by atoms with Gasteiger partial charge >= 0.3 is 0 Å². The van der Waals surface area contributed by atoms with Crippen molar-refractivity contribution in [3.8, 4) is 17.2 Å². The summed E-state index contributed by atoms with van der Waals surface area (Å²) in [6.07, 6.45) is 1.92. The number of nitrogens with zero attached hydrogens (tertiary/aromatic N) is 2. The van der Waals surface area contributed by atoms with E-state index in [1.165, 1.54) is 14.2 Å². The van der Waals surface area contributed by atoms with Crippen molar-refractivity contribution in [2.45, 2.75) is 33.3 Å². The quantitative estimate of drug-likeness (QED) is 0.511. The van der Waals surface area contributed by atoms with Crippen molar-refractivity contribution in [3.63, 3.8) is 0 Å². The number of hydrogen-bond acceptors (Lipinski definition) is 7. The van der Waals surface area contributed by atoms with Gasteiger partial charge in [-0.2, -0.15) is 0 Å². The number of methoxy groups -OCH3 is 2. The van der Waals surface area contributed by atoms with Gasteiger partial charge in [-0.05, 0) is 51.0 Å². The van der Waals surface area contributed by atoms with Crippen LogP contribution in [0.2, 0.25) is 0 Å². The van der Waals surface area contributed by atoms with Crippen LogP contribution in [0.5, 0.6) is 17.2 Å². The van der Waals surface area contributed by atoms with Gasteiger partial charge in [0.15, 0.2) is 11.5 Å². The predicted octanol–water partition coefficient (Wildman–Crippen LogP) is 4.38. The first-order chi connectivity index (χ1) is 16.9.